The molecule has 0 atom stereocenters. The van der Waals surface area contributed by atoms with E-state index in [1.54, 1.807) is 12.1 Å². The van der Waals surface area contributed by atoms with Crippen molar-refractivity contribution < 1.29 is 4.92 Å². The van der Waals surface area contributed by atoms with Crippen LogP contribution < -0.4 is 10.6 Å². The van der Waals surface area contributed by atoms with Crippen LogP contribution in [-0.4, -0.2) is 18.0 Å². The number of anilines is 2. The topological polar surface area (TPSA) is 72.4 Å². The van der Waals surface area contributed by atoms with E-state index in [2.05, 4.69) is 18.7 Å². The maximum Gasteiger partial charge on any atom is 0.292 e. The number of rotatable bonds is 8. The van der Waals surface area contributed by atoms with Gasteiger partial charge in [0.15, 0.2) is 0 Å². The molecule has 0 aliphatic heterocycles. The molecule has 2 N–H and O–H groups in total. The van der Waals surface area contributed by atoms with E-state index in [1.165, 1.54) is 6.07 Å². The second kappa shape index (κ2) is 7.61. The zero-order valence-corrected chi connectivity index (χ0v) is 11.8. The van der Waals surface area contributed by atoms with Gasteiger partial charge in [0.05, 0.1) is 4.92 Å². The van der Waals surface area contributed by atoms with Crippen molar-refractivity contribution in [3.8, 4) is 0 Å². The number of nitrogens with zero attached hydrogens (tertiary/aromatic N) is 2. The molecule has 5 heteroatoms. The van der Waals surface area contributed by atoms with E-state index in [9.17, 15) is 10.1 Å². The van der Waals surface area contributed by atoms with Gasteiger partial charge >= 0.3 is 0 Å². The monoisotopic (exact) mass is 265 g/mol. The summed E-state index contributed by atoms with van der Waals surface area (Å²) >= 11 is 0. The fraction of sp³-hybridized carbons (Fsp3) is 0.571. The summed E-state index contributed by atoms with van der Waals surface area (Å²) in [6.45, 7) is 6.24. The molecule has 0 fully saturated rings. The van der Waals surface area contributed by atoms with Crippen LogP contribution in [0.3, 0.4) is 0 Å². The average Bonchev–Trinajstić information content (AvgIpc) is 2.38. The second-order valence-electron chi connectivity index (χ2n) is 4.69. The minimum Gasteiger partial charge on any atom is -0.393 e. The smallest absolute Gasteiger partial charge is 0.292 e. The third kappa shape index (κ3) is 4.43. The normalized spacial score (nSPS) is 10.4. The van der Waals surface area contributed by atoms with E-state index in [-0.39, 0.29) is 11.4 Å². The van der Waals surface area contributed by atoms with E-state index in [1.807, 2.05) is 0 Å². The van der Waals surface area contributed by atoms with Gasteiger partial charge in [-0.15, -0.1) is 0 Å². The minimum absolute atomic E-state index is 0.0188. The SMILES string of the molecule is CCCCN(CCCC)c1ccc([N+](=O)[O-])c(N)c1. The third-order valence-electron chi connectivity index (χ3n) is 3.14. The molecule has 0 spiro atoms. The van der Waals surface area contributed by atoms with Gasteiger partial charge in [-0.2, -0.15) is 0 Å². The van der Waals surface area contributed by atoms with Gasteiger partial charge in [-0.3, -0.25) is 10.1 Å². The van der Waals surface area contributed by atoms with E-state index in [0.717, 1.165) is 44.5 Å². The molecule has 1 aromatic rings. The lowest BCUT2D eigenvalue weighted by Crippen LogP contribution is -2.25. The highest BCUT2D eigenvalue weighted by Gasteiger charge is 2.13. The molecular weight excluding hydrogens is 242 g/mol. The minimum atomic E-state index is -0.443. The predicted octanol–water partition coefficient (Wildman–Crippen LogP) is 3.58. The lowest BCUT2D eigenvalue weighted by Gasteiger charge is -2.24. The van der Waals surface area contributed by atoms with Crippen LogP contribution in [0.2, 0.25) is 0 Å². The molecule has 106 valence electrons. The molecule has 1 rings (SSSR count). The third-order valence-corrected chi connectivity index (χ3v) is 3.14. The first kappa shape index (κ1) is 15.3. The summed E-state index contributed by atoms with van der Waals surface area (Å²) in [5.74, 6) is 0. The van der Waals surface area contributed by atoms with E-state index >= 15 is 0 Å². The Morgan fingerprint density at radius 2 is 1.79 bits per heavy atom. The fourth-order valence-electron chi connectivity index (χ4n) is 1.97. The van der Waals surface area contributed by atoms with Crippen LogP contribution in [0.5, 0.6) is 0 Å². The zero-order chi connectivity index (χ0) is 14.3. The molecule has 0 aliphatic carbocycles. The number of nitro groups is 1. The quantitative estimate of drug-likeness (QED) is 0.443. The lowest BCUT2D eigenvalue weighted by molar-refractivity contribution is -0.383. The number of hydrogen-bond donors (Lipinski definition) is 1. The standard InChI is InChI=1S/C14H23N3O2/c1-3-5-9-16(10-6-4-2)12-7-8-14(17(18)19)13(15)11-12/h7-8,11H,3-6,9-10,15H2,1-2H3. The first-order valence-corrected chi connectivity index (χ1v) is 6.89. The van der Waals surface area contributed by atoms with E-state index < -0.39 is 4.92 Å². The average molecular weight is 265 g/mol. The molecule has 0 saturated heterocycles. The van der Waals surface area contributed by atoms with Gasteiger partial charge in [-0.25, -0.2) is 0 Å². The van der Waals surface area contributed by atoms with Crippen LogP contribution in [0.15, 0.2) is 18.2 Å². The van der Waals surface area contributed by atoms with Gasteiger partial charge in [0.1, 0.15) is 5.69 Å². The van der Waals surface area contributed by atoms with Crippen LogP contribution in [0.25, 0.3) is 0 Å². The second-order valence-corrected chi connectivity index (χ2v) is 4.69. The molecule has 0 aliphatic rings. The summed E-state index contributed by atoms with van der Waals surface area (Å²) in [5.41, 5.74) is 6.94. The van der Waals surface area contributed by atoms with Crippen molar-refractivity contribution in [2.75, 3.05) is 23.7 Å². The largest absolute Gasteiger partial charge is 0.393 e. The molecule has 1 aromatic carbocycles. The molecule has 0 saturated carbocycles. The van der Waals surface area contributed by atoms with Gasteiger partial charge in [-0.1, -0.05) is 26.7 Å². The predicted molar refractivity (Wildman–Crippen MR) is 79.5 cm³/mol. The van der Waals surface area contributed by atoms with E-state index in [0.29, 0.717) is 0 Å². The Labute approximate surface area is 114 Å². The van der Waals surface area contributed by atoms with Crippen molar-refractivity contribution in [2.45, 2.75) is 39.5 Å². The highest BCUT2D eigenvalue weighted by molar-refractivity contribution is 5.66. The molecular formula is C14H23N3O2. The Kier molecular flexibility index (Phi) is 6.12. The molecule has 0 amide bonds. The summed E-state index contributed by atoms with van der Waals surface area (Å²) in [4.78, 5) is 12.6. The Morgan fingerprint density at radius 1 is 1.21 bits per heavy atom. The maximum absolute atomic E-state index is 10.8. The number of hydrogen-bond acceptors (Lipinski definition) is 4. The first-order valence-electron chi connectivity index (χ1n) is 6.89. The number of nitrogens with two attached hydrogens (primary N) is 1. The first-order chi connectivity index (χ1) is 9.10. The van der Waals surface area contributed by atoms with Crippen molar-refractivity contribution in [2.24, 2.45) is 0 Å². The molecule has 0 aromatic heterocycles. The van der Waals surface area contributed by atoms with Crippen molar-refractivity contribution in [1.82, 2.24) is 0 Å². The number of benzene rings is 1. The summed E-state index contributed by atoms with van der Waals surface area (Å²) < 4.78 is 0. The zero-order valence-electron chi connectivity index (χ0n) is 11.8. The molecule has 19 heavy (non-hydrogen) atoms. The molecule has 5 nitrogen and oxygen atoms in total. The van der Waals surface area contributed by atoms with Crippen molar-refractivity contribution in [1.29, 1.82) is 0 Å². The molecule has 0 bridgehead atoms. The molecule has 0 unspecified atom stereocenters. The van der Waals surface area contributed by atoms with Crippen molar-refractivity contribution in [3.63, 3.8) is 0 Å². The van der Waals surface area contributed by atoms with Crippen molar-refractivity contribution >= 4 is 17.1 Å². The van der Waals surface area contributed by atoms with Gasteiger partial charge in [0.25, 0.3) is 5.69 Å². The number of nitrogen functional groups attached to an aromatic ring is 1. The van der Waals surface area contributed by atoms with Gasteiger partial charge in [0.2, 0.25) is 0 Å². The molecule has 0 radical (unpaired) electrons. The number of unbranched alkanes of at least 4 members (excludes halogenated alkanes) is 2. The molecule has 0 heterocycles. The number of nitro benzene ring substituents is 1. The summed E-state index contributed by atoms with van der Waals surface area (Å²) in [6, 6.07) is 5.00. The lowest BCUT2D eigenvalue weighted by atomic mass is 10.2. The van der Waals surface area contributed by atoms with Crippen LogP contribution in [0, 0.1) is 10.1 Å². The summed E-state index contributed by atoms with van der Waals surface area (Å²) in [5, 5.41) is 10.8. The maximum atomic E-state index is 10.8. The van der Waals surface area contributed by atoms with Gasteiger partial charge in [-0.05, 0) is 25.0 Å². The highest BCUT2D eigenvalue weighted by atomic mass is 16.6. The van der Waals surface area contributed by atoms with Gasteiger partial charge in [0, 0.05) is 24.8 Å². The highest BCUT2D eigenvalue weighted by Crippen LogP contribution is 2.27. The van der Waals surface area contributed by atoms with Crippen LogP contribution in [-0.2, 0) is 0 Å². The van der Waals surface area contributed by atoms with Crippen molar-refractivity contribution in [3.05, 3.63) is 28.3 Å². The van der Waals surface area contributed by atoms with Gasteiger partial charge < -0.3 is 10.6 Å². The van der Waals surface area contributed by atoms with Crippen LogP contribution in [0.4, 0.5) is 17.1 Å². The Hall–Kier alpha value is -1.78. The van der Waals surface area contributed by atoms with Crippen LogP contribution in [0.1, 0.15) is 39.5 Å². The van der Waals surface area contributed by atoms with Crippen LogP contribution >= 0.6 is 0 Å². The van der Waals surface area contributed by atoms with E-state index in [4.69, 9.17) is 5.73 Å². The Morgan fingerprint density at radius 3 is 2.21 bits per heavy atom. The summed E-state index contributed by atoms with van der Waals surface area (Å²) in [7, 11) is 0. The Bertz CT molecular complexity index is 413. The Balaban J connectivity index is 2.88. The summed E-state index contributed by atoms with van der Waals surface area (Å²) in [6.07, 6.45) is 4.48. The fourth-order valence-corrected chi connectivity index (χ4v) is 1.97.